The van der Waals surface area contributed by atoms with E-state index in [2.05, 4.69) is 0 Å². The first-order chi connectivity index (χ1) is 14.8. The lowest BCUT2D eigenvalue weighted by Crippen LogP contribution is -2.44. The number of fused-ring (bicyclic) bond motifs is 1. The second kappa shape index (κ2) is 8.52. The molecule has 0 saturated heterocycles. The lowest BCUT2D eigenvalue weighted by Gasteiger charge is -2.28. The number of carbonyl (C=O) groups is 3. The molecular weight excluding hydrogens is 482 g/mol. The van der Waals surface area contributed by atoms with Crippen molar-refractivity contribution < 1.29 is 14.4 Å². The molecule has 4 rings (SSSR count). The standard InChI is InChI=1S/C22H12Cl4N2O3/c23-12-5-7-16(17(25)9-12)22(31)27(19-8-6-13(24)10-18(19)26)11-28-20(29)14-3-1-2-4-15(14)21(28)30/h1-10H,11H2. The SMILES string of the molecule is O=C1c2ccccc2C(=O)N1CN(C(=O)c1ccc(Cl)cc1Cl)c1ccc(Cl)cc1Cl. The number of hydrogen-bond donors (Lipinski definition) is 0. The molecule has 3 aromatic rings. The van der Waals surface area contributed by atoms with E-state index in [9.17, 15) is 14.4 Å². The van der Waals surface area contributed by atoms with E-state index in [1.807, 2.05) is 0 Å². The second-order valence-corrected chi connectivity index (χ2v) is 8.37. The van der Waals surface area contributed by atoms with Crippen LogP contribution in [0.1, 0.15) is 31.1 Å². The Balaban J connectivity index is 1.77. The van der Waals surface area contributed by atoms with E-state index in [0.717, 1.165) is 4.90 Å². The fourth-order valence-corrected chi connectivity index (χ4v) is 4.27. The van der Waals surface area contributed by atoms with Crippen molar-refractivity contribution in [1.29, 1.82) is 0 Å². The Morgan fingerprint density at radius 2 is 1.32 bits per heavy atom. The van der Waals surface area contributed by atoms with Gasteiger partial charge in [0, 0.05) is 10.0 Å². The summed E-state index contributed by atoms with van der Waals surface area (Å²) in [6, 6.07) is 15.4. The molecule has 0 spiro atoms. The molecule has 156 valence electrons. The maximum absolute atomic E-state index is 13.4. The van der Waals surface area contributed by atoms with Crippen LogP contribution in [0.5, 0.6) is 0 Å². The molecule has 0 N–H and O–H groups in total. The van der Waals surface area contributed by atoms with Gasteiger partial charge in [-0.3, -0.25) is 24.2 Å². The van der Waals surface area contributed by atoms with Crippen molar-refractivity contribution in [2.24, 2.45) is 0 Å². The van der Waals surface area contributed by atoms with Crippen molar-refractivity contribution in [2.75, 3.05) is 11.6 Å². The molecule has 0 aliphatic carbocycles. The van der Waals surface area contributed by atoms with Gasteiger partial charge in [-0.15, -0.1) is 0 Å². The number of imide groups is 1. The zero-order valence-electron chi connectivity index (χ0n) is 15.6. The van der Waals surface area contributed by atoms with Crippen LogP contribution >= 0.6 is 46.4 Å². The van der Waals surface area contributed by atoms with E-state index in [1.165, 1.54) is 35.2 Å². The van der Waals surface area contributed by atoms with Crippen LogP contribution in [0.4, 0.5) is 5.69 Å². The largest absolute Gasteiger partial charge is 0.288 e. The van der Waals surface area contributed by atoms with Crippen molar-refractivity contribution in [2.45, 2.75) is 0 Å². The number of carbonyl (C=O) groups excluding carboxylic acids is 3. The molecule has 0 atom stereocenters. The van der Waals surface area contributed by atoms with E-state index < -0.39 is 17.7 Å². The van der Waals surface area contributed by atoms with Crippen LogP contribution in [0.2, 0.25) is 20.1 Å². The van der Waals surface area contributed by atoms with Crippen molar-refractivity contribution in [3.8, 4) is 0 Å². The number of halogens is 4. The summed E-state index contributed by atoms with van der Waals surface area (Å²) in [6.07, 6.45) is 0. The topological polar surface area (TPSA) is 57.7 Å². The molecule has 0 saturated carbocycles. The Morgan fingerprint density at radius 3 is 1.87 bits per heavy atom. The average molecular weight is 494 g/mol. The van der Waals surface area contributed by atoms with Crippen molar-refractivity contribution in [3.63, 3.8) is 0 Å². The van der Waals surface area contributed by atoms with Gasteiger partial charge < -0.3 is 0 Å². The molecular formula is C22H12Cl4N2O3. The van der Waals surface area contributed by atoms with Gasteiger partial charge in [0.2, 0.25) is 0 Å². The molecule has 1 heterocycles. The van der Waals surface area contributed by atoms with E-state index >= 15 is 0 Å². The van der Waals surface area contributed by atoms with Gasteiger partial charge in [0.15, 0.2) is 0 Å². The third-order valence-corrected chi connectivity index (χ3v) is 5.85. The summed E-state index contributed by atoms with van der Waals surface area (Å²) >= 11 is 24.5. The summed E-state index contributed by atoms with van der Waals surface area (Å²) in [5.74, 6) is -1.58. The third-order valence-electron chi connectivity index (χ3n) is 4.77. The van der Waals surface area contributed by atoms with E-state index in [1.54, 1.807) is 30.3 Å². The third kappa shape index (κ3) is 4.02. The molecule has 1 aliphatic heterocycles. The maximum atomic E-state index is 13.4. The first kappa shape index (κ1) is 21.7. The molecule has 0 bridgehead atoms. The Bertz CT molecular complexity index is 1210. The first-order valence-electron chi connectivity index (χ1n) is 8.95. The molecule has 3 aromatic carbocycles. The Labute approximate surface area is 197 Å². The van der Waals surface area contributed by atoms with Gasteiger partial charge in [0.25, 0.3) is 17.7 Å². The molecule has 31 heavy (non-hydrogen) atoms. The predicted octanol–water partition coefficient (Wildman–Crippen LogP) is 6.20. The number of hydrogen-bond acceptors (Lipinski definition) is 3. The van der Waals surface area contributed by atoms with Crippen LogP contribution in [0.15, 0.2) is 60.7 Å². The van der Waals surface area contributed by atoms with Crippen LogP contribution in [0.3, 0.4) is 0 Å². The number of anilines is 1. The Hall–Kier alpha value is -2.57. The Morgan fingerprint density at radius 1 is 0.774 bits per heavy atom. The summed E-state index contributed by atoms with van der Waals surface area (Å²) in [5.41, 5.74) is 0.936. The lowest BCUT2D eigenvalue weighted by molar-refractivity contribution is 0.0650. The molecule has 5 nitrogen and oxygen atoms in total. The minimum absolute atomic E-state index is 0.120. The van der Waals surface area contributed by atoms with Crippen LogP contribution in [-0.4, -0.2) is 29.3 Å². The summed E-state index contributed by atoms with van der Waals surface area (Å²) in [7, 11) is 0. The molecule has 0 fully saturated rings. The molecule has 0 unspecified atom stereocenters. The normalized spacial score (nSPS) is 12.8. The minimum Gasteiger partial charge on any atom is -0.288 e. The fourth-order valence-electron chi connectivity index (χ4n) is 3.27. The summed E-state index contributed by atoms with van der Waals surface area (Å²) in [6.45, 7) is -0.370. The van der Waals surface area contributed by atoms with E-state index in [0.29, 0.717) is 10.0 Å². The minimum atomic E-state index is -0.567. The van der Waals surface area contributed by atoms with Crippen molar-refractivity contribution >= 4 is 69.8 Å². The highest BCUT2D eigenvalue weighted by molar-refractivity contribution is 6.39. The van der Waals surface area contributed by atoms with Gasteiger partial charge in [0.1, 0.15) is 6.67 Å². The predicted molar refractivity (Wildman–Crippen MR) is 122 cm³/mol. The van der Waals surface area contributed by atoms with Gasteiger partial charge in [-0.2, -0.15) is 0 Å². The fraction of sp³-hybridized carbons (Fsp3) is 0.0455. The first-order valence-corrected chi connectivity index (χ1v) is 10.5. The monoisotopic (exact) mass is 492 g/mol. The summed E-state index contributed by atoms with van der Waals surface area (Å²) in [5, 5.41) is 1.02. The van der Waals surface area contributed by atoms with E-state index in [-0.39, 0.29) is 39.1 Å². The highest BCUT2D eigenvalue weighted by atomic mass is 35.5. The number of benzene rings is 3. The highest BCUT2D eigenvalue weighted by Gasteiger charge is 2.38. The molecule has 0 aromatic heterocycles. The summed E-state index contributed by atoms with van der Waals surface area (Å²) < 4.78 is 0. The van der Waals surface area contributed by atoms with Crippen LogP contribution in [0.25, 0.3) is 0 Å². The van der Waals surface area contributed by atoms with Crippen molar-refractivity contribution in [1.82, 2.24) is 4.90 Å². The average Bonchev–Trinajstić information content (AvgIpc) is 2.97. The van der Waals surface area contributed by atoms with Gasteiger partial charge >= 0.3 is 0 Å². The quantitative estimate of drug-likeness (QED) is 0.406. The molecule has 0 radical (unpaired) electrons. The number of rotatable bonds is 4. The highest BCUT2D eigenvalue weighted by Crippen LogP contribution is 2.33. The lowest BCUT2D eigenvalue weighted by atomic mass is 10.1. The van der Waals surface area contributed by atoms with Crippen LogP contribution in [0, 0.1) is 0 Å². The zero-order valence-corrected chi connectivity index (χ0v) is 18.6. The van der Waals surface area contributed by atoms with Crippen molar-refractivity contribution in [3.05, 3.63) is 97.4 Å². The second-order valence-electron chi connectivity index (χ2n) is 6.68. The molecule has 1 aliphatic rings. The maximum Gasteiger partial charge on any atom is 0.263 e. The smallest absolute Gasteiger partial charge is 0.263 e. The molecule has 9 heteroatoms. The van der Waals surface area contributed by atoms with Gasteiger partial charge in [0.05, 0.1) is 32.4 Å². The Kier molecular flexibility index (Phi) is 5.95. The van der Waals surface area contributed by atoms with Crippen LogP contribution < -0.4 is 4.90 Å². The van der Waals surface area contributed by atoms with Crippen LogP contribution in [-0.2, 0) is 0 Å². The van der Waals surface area contributed by atoms with Gasteiger partial charge in [-0.05, 0) is 48.5 Å². The zero-order chi connectivity index (χ0) is 22.3. The number of nitrogens with zero attached hydrogens (tertiary/aromatic N) is 2. The van der Waals surface area contributed by atoms with E-state index in [4.69, 9.17) is 46.4 Å². The van der Waals surface area contributed by atoms with Gasteiger partial charge in [-0.1, -0.05) is 58.5 Å². The van der Waals surface area contributed by atoms with Gasteiger partial charge in [-0.25, -0.2) is 0 Å². The summed E-state index contributed by atoms with van der Waals surface area (Å²) in [4.78, 5) is 41.3. The number of amides is 3. The molecule has 3 amide bonds.